The van der Waals surface area contributed by atoms with Crippen LogP contribution < -0.4 is 10.9 Å². The van der Waals surface area contributed by atoms with Crippen LogP contribution in [0.3, 0.4) is 0 Å². The van der Waals surface area contributed by atoms with Gasteiger partial charge in [0.15, 0.2) is 0 Å². The summed E-state index contributed by atoms with van der Waals surface area (Å²) < 4.78 is 40.4. The van der Waals surface area contributed by atoms with Crippen LogP contribution in [-0.2, 0) is 17.5 Å². The first-order chi connectivity index (χ1) is 14.7. The molecule has 1 amide bonds. The lowest BCUT2D eigenvalue weighted by Crippen LogP contribution is -2.31. The van der Waals surface area contributed by atoms with Crippen LogP contribution in [0.25, 0.3) is 20.8 Å². The van der Waals surface area contributed by atoms with E-state index in [4.69, 9.17) is 0 Å². The normalized spacial score (nSPS) is 11.6. The second kappa shape index (κ2) is 7.99. The Balaban J connectivity index is 1.48. The molecule has 0 aliphatic carbocycles. The van der Waals surface area contributed by atoms with E-state index in [2.05, 4.69) is 16.4 Å². The smallest absolute Gasteiger partial charge is 0.325 e. The quantitative estimate of drug-likeness (QED) is 0.478. The van der Waals surface area contributed by atoms with Crippen molar-refractivity contribution in [3.05, 3.63) is 82.3 Å². The number of halogens is 3. The number of amides is 1. The molecule has 0 atom stereocenters. The van der Waals surface area contributed by atoms with E-state index in [9.17, 15) is 22.8 Å². The highest BCUT2D eigenvalue weighted by molar-refractivity contribution is 7.21. The predicted octanol–water partition coefficient (Wildman–Crippen LogP) is 5.09. The van der Waals surface area contributed by atoms with E-state index in [1.165, 1.54) is 0 Å². The molecule has 1 N–H and O–H groups in total. The molecule has 9 heteroatoms. The Morgan fingerprint density at radius 3 is 2.58 bits per heavy atom. The zero-order valence-electron chi connectivity index (χ0n) is 16.2. The molecule has 2 aromatic heterocycles. The molecule has 2 aromatic carbocycles. The molecule has 0 saturated heterocycles. The molecule has 0 aliphatic heterocycles. The molecule has 0 bridgehead atoms. The van der Waals surface area contributed by atoms with Gasteiger partial charge in [0.2, 0.25) is 5.91 Å². The first kappa shape index (κ1) is 20.8. The lowest BCUT2D eigenvalue weighted by molar-refractivity contribution is -0.139. The third-order valence-corrected chi connectivity index (χ3v) is 5.67. The van der Waals surface area contributed by atoms with E-state index in [1.54, 1.807) is 35.6 Å². The van der Waals surface area contributed by atoms with Crippen LogP contribution in [0.2, 0.25) is 0 Å². The second-order valence-corrected chi connectivity index (χ2v) is 8.00. The first-order valence-electron chi connectivity index (χ1n) is 9.25. The number of carbonyl (C=O) groups excluding carboxylic acids is 1. The predicted molar refractivity (Wildman–Crippen MR) is 114 cm³/mol. The molecule has 2 heterocycles. The zero-order chi connectivity index (χ0) is 22.2. The van der Waals surface area contributed by atoms with E-state index >= 15 is 0 Å². The van der Waals surface area contributed by atoms with E-state index in [0.29, 0.717) is 11.8 Å². The van der Waals surface area contributed by atoms with Gasteiger partial charge in [-0.25, -0.2) is 4.98 Å². The lowest BCUT2D eigenvalue weighted by atomic mass is 10.2. The maximum absolute atomic E-state index is 12.9. The Morgan fingerprint density at radius 2 is 1.87 bits per heavy atom. The topological polar surface area (TPSA) is 64.0 Å². The number of fused-ring (bicyclic) bond motifs is 1. The monoisotopic (exact) mass is 443 g/mol. The molecule has 0 fully saturated rings. The van der Waals surface area contributed by atoms with Gasteiger partial charge in [0, 0.05) is 17.4 Å². The maximum atomic E-state index is 12.9. The SMILES string of the molecule is Cc1ccc2nc(-c3ccc(NC(=O)Cn4cccc(C(F)(F)F)c4=O)cc3)sc2c1. The molecule has 158 valence electrons. The number of benzene rings is 2. The van der Waals surface area contributed by atoms with Gasteiger partial charge in [0.1, 0.15) is 17.1 Å². The summed E-state index contributed by atoms with van der Waals surface area (Å²) in [5, 5.41) is 3.43. The van der Waals surface area contributed by atoms with Crippen LogP contribution in [0, 0.1) is 6.92 Å². The highest BCUT2D eigenvalue weighted by atomic mass is 32.1. The van der Waals surface area contributed by atoms with E-state index in [1.807, 2.05) is 19.1 Å². The molecule has 0 unspecified atom stereocenters. The fraction of sp³-hybridized carbons (Fsp3) is 0.136. The number of anilines is 1. The van der Waals surface area contributed by atoms with Gasteiger partial charge in [-0.15, -0.1) is 11.3 Å². The summed E-state index contributed by atoms with van der Waals surface area (Å²) in [5.74, 6) is -0.607. The summed E-state index contributed by atoms with van der Waals surface area (Å²) >= 11 is 1.56. The fourth-order valence-electron chi connectivity index (χ4n) is 3.08. The molecule has 31 heavy (non-hydrogen) atoms. The fourth-order valence-corrected chi connectivity index (χ4v) is 4.15. The first-order valence-corrected chi connectivity index (χ1v) is 10.1. The van der Waals surface area contributed by atoms with Crippen molar-refractivity contribution in [2.24, 2.45) is 0 Å². The standard InChI is InChI=1S/C22H16F3N3O2S/c1-13-4-9-17-18(11-13)31-20(27-17)14-5-7-15(8-6-14)26-19(29)12-28-10-2-3-16(21(28)30)22(23,24)25/h2-11H,12H2,1H3,(H,26,29). The van der Waals surface area contributed by atoms with Crippen LogP contribution in [0.15, 0.2) is 65.6 Å². The second-order valence-electron chi connectivity index (χ2n) is 6.97. The number of pyridine rings is 1. The van der Waals surface area contributed by atoms with Gasteiger partial charge in [-0.3, -0.25) is 9.59 Å². The van der Waals surface area contributed by atoms with E-state index < -0.39 is 29.8 Å². The summed E-state index contributed by atoms with van der Waals surface area (Å²) in [6.07, 6.45) is -3.62. The summed E-state index contributed by atoms with van der Waals surface area (Å²) in [4.78, 5) is 28.8. The molecule has 4 rings (SSSR count). The molecule has 0 aliphatic rings. The van der Waals surface area contributed by atoms with Gasteiger partial charge in [-0.05, 0) is 61.0 Å². The van der Waals surface area contributed by atoms with Crippen LogP contribution in [0.5, 0.6) is 0 Å². The van der Waals surface area contributed by atoms with Gasteiger partial charge in [0.05, 0.1) is 10.2 Å². The third kappa shape index (κ3) is 4.51. The van der Waals surface area contributed by atoms with Crippen molar-refractivity contribution in [3.8, 4) is 10.6 Å². The van der Waals surface area contributed by atoms with Gasteiger partial charge >= 0.3 is 6.18 Å². The van der Waals surface area contributed by atoms with Gasteiger partial charge in [0.25, 0.3) is 5.56 Å². The van der Waals surface area contributed by atoms with Crippen molar-refractivity contribution in [2.45, 2.75) is 19.6 Å². The van der Waals surface area contributed by atoms with Crippen LogP contribution in [0.4, 0.5) is 18.9 Å². The van der Waals surface area contributed by atoms with Crippen molar-refractivity contribution in [1.82, 2.24) is 9.55 Å². The number of alkyl halides is 3. The molecular weight excluding hydrogens is 427 g/mol. The Bertz CT molecular complexity index is 1320. The molecular formula is C22H16F3N3O2S. The Labute approximate surface area is 178 Å². The average Bonchev–Trinajstić information content (AvgIpc) is 3.12. The Morgan fingerprint density at radius 1 is 1.13 bits per heavy atom. The minimum atomic E-state index is -4.77. The lowest BCUT2D eigenvalue weighted by Gasteiger charge is -2.11. The molecule has 0 radical (unpaired) electrons. The summed E-state index contributed by atoms with van der Waals surface area (Å²) in [6, 6.07) is 14.8. The number of thiazole rings is 1. The molecule has 0 spiro atoms. The molecule has 4 aromatic rings. The average molecular weight is 443 g/mol. The maximum Gasteiger partial charge on any atom is 0.421 e. The van der Waals surface area contributed by atoms with Crippen LogP contribution >= 0.6 is 11.3 Å². The number of hydrogen-bond donors (Lipinski definition) is 1. The Hall–Kier alpha value is -3.46. The number of aromatic nitrogens is 2. The summed E-state index contributed by atoms with van der Waals surface area (Å²) in [5.41, 5.74) is 0.844. The number of hydrogen-bond acceptors (Lipinski definition) is 4. The number of nitrogens with zero attached hydrogens (tertiary/aromatic N) is 2. The van der Waals surface area contributed by atoms with Crippen molar-refractivity contribution < 1.29 is 18.0 Å². The van der Waals surface area contributed by atoms with Gasteiger partial charge < -0.3 is 9.88 Å². The highest BCUT2D eigenvalue weighted by Crippen LogP contribution is 2.31. The zero-order valence-corrected chi connectivity index (χ0v) is 17.1. The third-order valence-electron chi connectivity index (χ3n) is 4.60. The minimum absolute atomic E-state index is 0.464. The molecule has 5 nitrogen and oxygen atoms in total. The number of aryl methyl sites for hydroxylation is 1. The van der Waals surface area contributed by atoms with Crippen molar-refractivity contribution in [3.63, 3.8) is 0 Å². The highest BCUT2D eigenvalue weighted by Gasteiger charge is 2.34. The van der Waals surface area contributed by atoms with Crippen molar-refractivity contribution in [2.75, 3.05) is 5.32 Å². The Kier molecular flexibility index (Phi) is 5.36. The van der Waals surface area contributed by atoms with Crippen LogP contribution in [0.1, 0.15) is 11.1 Å². The number of nitrogens with one attached hydrogen (secondary N) is 1. The van der Waals surface area contributed by atoms with Crippen LogP contribution in [-0.4, -0.2) is 15.5 Å². The van der Waals surface area contributed by atoms with Gasteiger partial charge in [-0.2, -0.15) is 13.2 Å². The van der Waals surface area contributed by atoms with Gasteiger partial charge in [-0.1, -0.05) is 6.07 Å². The largest absolute Gasteiger partial charge is 0.421 e. The number of carbonyl (C=O) groups is 1. The summed E-state index contributed by atoms with van der Waals surface area (Å²) in [7, 11) is 0. The van der Waals surface area contributed by atoms with E-state index in [0.717, 1.165) is 43.2 Å². The molecule has 0 saturated carbocycles. The van der Waals surface area contributed by atoms with E-state index in [-0.39, 0.29) is 0 Å². The van der Waals surface area contributed by atoms with Crippen molar-refractivity contribution >= 4 is 33.1 Å². The summed E-state index contributed by atoms with van der Waals surface area (Å²) in [6.45, 7) is 1.49. The number of rotatable bonds is 4. The van der Waals surface area contributed by atoms with Crippen molar-refractivity contribution in [1.29, 1.82) is 0 Å². The minimum Gasteiger partial charge on any atom is -0.325 e.